The zero-order chi connectivity index (χ0) is 17.9. The SMILES string of the molecule is CC(NC(=O)N1CCc2[nH]nc(-c3ccccc3)c2C1)C1=CCCC=C1. The molecule has 5 nitrogen and oxygen atoms in total. The summed E-state index contributed by atoms with van der Waals surface area (Å²) in [5.74, 6) is 0. The first-order valence-electron chi connectivity index (χ1n) is 9.26. The Morgan fingerprint density at radius 3 is 2.88 bits per heavy atom. The van der Waals surface area contributed by atoms with Gasteiger partial charge in [0.2, 0.25) is 0 Å². The second kappa shape index (κ2) is 7.20. The van der Waals surface area contributed by atoms with Gasteiger partial charge in [0.05, 0.1) is 18.3 Å². The van der Waals surface area contributed by atoms with Gasteiger partial charge in [0, 0.05) is 29.8 Å². The van der Waals surface area contributed by atoms with E-state index in [-0.39, 0.29) is 12.1 Å². The van der Waals surface area contributed by atoms with Crippen LogP contribution < -0.4 is 5.32 Å². The van der Waals surface area contributed by atoms with Gasteiger partial charge in [0.1, 0.15) is 0 Å². The van der Waals surface area contributed by atoms with Crippen LogP contribution in [0.3, 0.4) is 0 Å². The Kier molecular flexibility index (Phi) is 4.61. The van der Waals surface area contributed by atoms with Gasteiger partial charge in [-0.25, -0.2) is 4.79 Å². The third-order valence-corrected chi connectivity index (χ3v) is 5.13. The maximum atomic E-state index is 12.8. The molecule has 0 bridgehead atoms. The van der Waals surface area contributed by atoms with E-state index in [1.165, 1.54) is 5.57 Å². The summed E-state index contributed by atoms with van der Waals surface area (Å²) < 4.78 is 0. The van der Waals surface area contributed by atoms with Crippen molar-refractivity contribution in [2.24, 2.45) is 0 Å². The van der Waals surface area contributed by atoms with Crippen LogP contribution in [0, 0.1) is 0 Å². The van der Waals surface area contributed by atoms with Crippen molar-refractivity contribution in [3.63, 3.8) is 0 Å². The van der Waals surface area contributed by atoms with Crippen LogP contribution in [-0.2, 0) is 13.0 Å². The lowest BCUT2D eigenvalue weighted by Crippen LogP contribution is -2.46. The van der Waals surface area contributed by atoms with E-state index in [9.17, 15) is 4.79 Å². The number of aromatic nitrogens is 2. The van der Waals surface area contributed by atoms with Crippen molar-refractivity contribution in [1.82, 2.24) is 20.4 Å². The lowest BCUT2D eigenvalue weighted by molar-refractivity contribution is 0.190. The summed E-state index contributed by atoms with van der Waals surface area (Å²) in [6, 6.07) is 10.1. The summed E-state index contributed by atoms with van der Waals surface area (Å²) in [4.78, 5) is 14.6. The fraction of sp³-hybridized carbons (Fsp3) is 0.333. The average Bonchev–Trinajstić information content (AvgIpc) is 3.12. The van der Waals surface area contributed by atoms with Crippen molar-refractivity contribution in [1.29, 1.82) is 0 Å². The zero-order valence-electron chi connectivity index (χ0n) is 15.0. The summed E-state index contributed by atoms with van der Waals surface area (Å²) in [7, 11) is 0. The molecule has 1 aliphatic heterocycles. The van der Waals surface area contributed by atoms with Crippen LogP contribution in [0.5, 0.6) is 0 Å². The molecule has 5 heteroatoms. The third kappa shape index (κ3) is 3.29. The molecule has 2 N–H and O–H groups in total. The number of hydrogen-bond acceptors (Lipinski definition) is 2. The molecule has 0 saturated carbocycles. The van der Waals surface area contributed by atoms with Crippen LogP contribution in [0.1, 0.15) is 31.0 Å². The molecular formula is C21H24N4O. The molecule has 2 heterocycles. The van der Waals surface area contributed by atoms with Crippen LogP contribution >= 0.6 is 0 Å². The highest BCUT2D eigenvalue weighted by molar-refractivity contribution is 5.76. The fourth-order valence-electron chi connectivity index (χ4n) is 3.62. The normalized spacial score (nSPS) is 17.4. The molecule has 0 radical (unpaired) electrons. The number of amides is 2. The quantitative estimate of drug-likeness (QED) is 0.886. The first-order chi connectivity index (χ1) is 12.7. The van der Waals surface area contributed by atoms with Gasteiger partial charge in [0.25, 0.3) is 0 Å². The predicted molar refractivity (Wildman–Crippen MR) is 103 cm³/mol. The van der Waals surface area contributed by atoms with E-state index in [4.69, 9.17) is 0 Å². The van der Waals surface area contributed by atoms with Crippen molar-refractivity contribution < 1.29 is 4.79 Å². The van der Waals surface area contributed by atoms with E-state index in [0.29, 0.717) is 13.1 Å². The molecule has 2 amide bonds. The number of nitrogens with zero attached hydrogens (tertiary/aromatic N) is 2. The first kappa shape index (κ1) is 16.6. The summed E-state index contributed by atoms with van der Waals surface area (Å²) in [5, 5.41) is 10.8. The van der Waals surface area contributed by atoms with Gasteiger partial charge in [-0.3, -0.25) is 5.10 Å². The number of carbonyl (C=O) groups excluding carboxylic acids is 1. The van der Waals surface area contributed by atoms with E-state index >= 15 is 0 Å². The van der Waals surface area contributed by atoms with Crippen molar-refractivity contribution in [2.45, 2.75) is 38.8 Å². The second-order valence-corrected chi connectivity index (χ2v) is 6.92. The number of hydrogen-bond donors (Lipinski definition) is 2. The predicted octanol–water partition coefficient (Wildman–Crippen LogP) is 3.81. The monoisotopic (exact) mass is 348 g/mol. The number of nitrogens with one attached hydrogen (secondary N) is 2. The molecular weight excluding hydrogens is 324 g/mol. The zero-order valence-corrected chi connectivity index (χ0v) is 15.0. The van der Waals surface area contributed by atoms with Gasteiger partial charge in [-0.2, -0.15) is 5.10 Å². The number of fused-ring (bicyclic) bond motifs is 1. The Hall–Kier alpha value is -2.82. The summed E-state index contributed by atoms with van der Waals surface area (Å²) in [6.07, 6.45) is 9.44. The number of H-pyrrole nitrogens is 1. The van der Waals surface area contributed by atoms with Gasteiger partial charge in [-0.1, -0.05) is 48.6 Å². The highest BCUT2D eigenvalue weighted by Crippen LogP contribution is 2.28. The third-order valence-electron chi connectivity index (χ3n) is 5.13. The van der Waals surface area contributed by atoms with Crippen LogP contribution in [0.25, 0.3) is 11.3 Å². The Bertz CT molecular complexity index is 850. The second-order valence-electron chi connectivity index (χ2n) is 6.92. The first-order valence-corrected chi connectivity index (χ1v) is 9.26. The maximum absolute atomic E-state index is 12.8. The smallest absolute Gasteiger partial charge is 0.318 e. The van der Waals surface area contributed by atoms with E-state index in [1.54, 1.807) is 0 Å². The minimum Gasteiger partial charge on any atom is -0.331 e. The number of benzene rings is 1. The maximum Gasteiger partial charge on any atom is 0.318 e. The Morgan fingerprint density at radius 1 is 1.27 bits per heavy atom. The number of urea groups is 1. The van der Waals surface area contributed by atoms with E-state index in [2.05, 4.69) is 45.9 Å². The number of carbonyl (C=O) groups is 1. The van der Waals surface area contributed by atoms with Crippen molar-refractivity contribution in [3.8, 4) is 11.3 Å². The molecule has 4 rings (SSSR count). The molecule has 0 spiro atoms. The van der Waals surface area contributed by atoms with Crippen LogP contribution in [-0.4, -0.2) is 33.7 Å². The van der Waals surface area contributed by atoms with Gasteiger partial charge in [-0.05, 0) is 25.3 Å². The van der Waals surface area contributed by atoms with E-state index < -0.39 is 0 Å². The largest absolute Gasteiger partial charge is 0.331 e. The van der Waals surface area contributed by atoms with Crippen molar-refractivity contribution >= 4 is 6.03 Å². The van der Waals surface area contributed by atoms with E-state index in [1.807, 2.05) is 30.0 Å². The molecule has 1 aromatic heterocycles. The Morgan fingerprint density at radius 2 is 2.12 bits per heavy atom. The topological polar surface area (TPSA) is 61.0 Å². The molecule has 1 atom stereocenters. The average molecular weight is 348 g/mol. The molecule has 134 valence electrons. The van der Waals surface area contributed by atoms with Crippen LogP contribution in [0.15, 0.2) is 54.1 Å². The molecule has 1 aliphatic carbocycles. The van der Waals surface area contributed by atoms with Gasteiger partial charge >= 0.3 is 6.03 Å². The highest BCUT2D eigenvalue weighted by Gasteiger charge is 2.26. The van der Waals surface area contributed by atoms with Gasteiger partial charge < -0.3 is 10.2 Å². The fourth-order valence-corrected chi connectivity index (χ4v) is 3.62. The number of allylic oxidation sites excluding steroid dienone is 2. The highest BCUT2D eigenvalue weighted by atomic mass is 16.2. The number of rotatable bonds is 3. The summed E-state index contributed by atoms with van der Waals surface area (Å²) >= 11 is 0. The molecule has 0 fully saturated rings. The van der Waals surface area contributed by atoms with Crippen LogP contribution in [0.2, 0.25) is 0 Å². The van der Waals surface area contributed by atoms with Gasteiger partial charge in [0.15, 0.2) is 0 Å². The number of aromatic amines is 1. The minimum atomic E-state index is -0.0109. The van der Waals surface area contributed by atoms with Crippen molar-refractivity contribution in [2.75, 3.05) is 6.54 Å². The Labute approximate surface area is 153 Å². The van der Waals surface area contributed by atoms with Crippen LogP contribution in [0.4, 0.5) is 4.79 Å². The standard InChI is InChI=1S/C21H24N4O/c1-15(16-8-4-2-5-9-16)22-21(26)25-13-12-19-18(14-25)20(24-23-19)17-10-6-3-7-11-17/h3-4,6-11,15H,2,5,12-14H2,1H3,(H,22,26)(H,23,24). The van der Waals surface area contributed by atoms with Gasteiger partial charge in [-0.15, -0.1) is 0 Å². The Balaban J connectivity index is 1.48. The summed E-state index contributed by atoms with van der Waals surface area (Å²) in [6.45, 7) is 3.34. The van der Waals surface area contributed by atoms with E-state index in [0.717, 1.165) is 41.8 Å². The molecule has 1 unspecified atom stereocenters. The molecule has 2 aromatic rings. The minimum absolute atomic E-state index is 0.0109. The molecule has 0 saturated heterocycles. The molecule has 26 heavy (non-hydrogen) atoms. The van der Waals surface area contributed by atoms with Crippen molar-refractivity contribution in [3.05, 3.63) is 65.4 Å². The summed E-state index contributed by atoms with van der Waals surface area (Å²) in [5.41, 5.74) is 5.48. The lowest BCUT2D eigenvalue weighted by atomic mass is 10.0. The lowest BCUT2D eigenvalue weighted by Gasteiger charge is -2.29. The molecule has 2 aliphatic rings. The molecule has 1 aromatic carbocycles.